The van der Waals surface area contributed by atoms with Crippen molar-refractivity contribution in [3.05, 3.63) is 95.6 Å². The number of hydrogen-bond acceptors (Lipinski definition) is 10. The lowest BCUT2D eigenvalue weighted by atomic mass is 9.65. The van der Waals surface area contributed by atoms with Gasteiger partial charge in [0.05, 0.1) is 38.9 Å². The number of hydroxylamine groups is 2. The summed E-state index contributed by atoms with van der Waals surface area (Å²) in [7, 11) is 4.48. The Labute approximate surface area is 275 Å². The van der Waals surface area contributed by atoms with E-state index in [1.54, 1.807) is 14.2 Å². The van der Waals surface area contributed by atoms with Crippen LogP contribution in [0.3, 0.4) is 0 Å². The Morgan fingerprint density at radius 1 is 0.872 bits per heavy atom. The smallest absolute Gasteiger partial charge is 0.337 e. The third-order valence-electron chi connectivity index (χ3n) is 10.2. The molecule has 0 bridgehead atoms. The van der Waals surface area contributed by atoms with Gasteiger partial charge in [0, 0.05) is 18.8 Å². The number of carbonyl (C=O) groups excluding carboxylic acids is 2. The lowest BCUT2D eigenvalue weighted by Gasteiger charge is -2.53. The van der Waals surface area contributed by atoms with Gasteiger partial charge in [-0.05, 0) is 54.5 Å². The van der Waals surface area contributed by atoms with Gasteiger partial charge in [-0.2, -0.15) is 0 Å². The van der Waals surface area contributed by atoms with Gasteiger partial charge in [-0.1, -0.05) is 78.9 Å². The molecular formula is C37H43NO9. The maximum atomic E-state index is 12.9. The molecule has 47 heavy (non-hydrogen) atoms. The standard InChI is InChI=1S/C37H43NO9/c1-6-36(27-19-20-28(41-3)29(22-27)42-4)31-23-30(34(40)43-5)46-38(31)47-35(33(36)44-24(2)39)45-32-18-13-21-37(32,25-14-9-7-10-15-25)26-16-11-8-12-17-26/h7-12,14-17,19-20,22,30-33,35H,6,13,18,21,23H2,1-5H3/t30-,31-,32+,33-,35-,36-/m0/s1. The predicted molar refractivity (Wildman–Crippen MR) is 171 cm³/mol. The molecule has 3 aromatic rings. The highest BCUT2D eigenvalue weighted by Crippen LogP contribution is 2.53. The van der Waals surface area contributed by atoms with Crippen molar-refractivity contribution in [3.63, 3.8) is 0 Å². The van der Waals surface area contributed by atoms with Crippen LogP contribution in [0.25, 0.3) is 0 Å². The molecule has 0 N–H and O–H groups in total. The largest absolute Gasteiger partial charge is 0.493 e. The molecule has 0 spiro atoms. The second-order valence-electron chi connectivity index (χ2n) is 12.3. The SMILES string of the molecule is CC[C@]1(c2ccc(OC)c(OC)c2)[C@@H]2C[C@@H](C(=O)OC)ON2O[C@H](O[C@@H]2CCCC2(c2ccccc2)c2ccccc2)[C@@H]1OC(C)=O. The topological polar surface area (TPSA) is 102 Å². The van der Waals surface area contributed by atoms with Gasteiger partial charge in [0.15, 0.2) is 23.7 Å². The lowest BCUT2D eigenvalue weighted by molar-refractivity contribution is -0.465. The molecule has 3 fully saturated rings. The number of nitrogens with zero attached hydrogens (tertiary/aromatic N) is 1. The highest BCUT2D eigenvalue weighted by atomic mass is 17.0. The molecule has 3 aromatic carbocycles. The fourth-order valence-electron chi connectivity index (χ4n) is 8.07. The van der Waals surface area contributed by atoms with Crippen molar-refractivity contribution in [2.24, 2.45) is 0 Å². The van der Waals surface area contributed by atoms with Crippen molar-refractivity contribution < 1.29 is 42.9 Å². The van der Waals surface area contributed by atoms with E-state index < -0.39 is 47.3 Å². The summed E-state index contributed by atoms with van der Waals surface area (Å²) in [5.74, 6) is 0.0668. The van der Waals surface area contributed by atoms with Crippen molar-refractivity contribution >= 4 is 11.9 Å². The van der Waals surface area contributed by atoms with Crippen LogP contribution in [0.5, 0.6) is 11.5 Å². The summed E-state index contributed by atoms with van der Waals surface area (Å²) < 4.78 is 29.7. The Kier molecular flexibility index (Phi) is 9.57. The van der Waals surface area contributed by atoms with Crippen LogP contribution >= 0.6 is 0 Å². The van der Waals surface area contributed by atoms with E-state index in [0.717, 1.165) is 36.0 Å². The van der Waals surface area contributed by atoms with Crippen LogP contribution in [0, 0.1) is 0 Å². The average Bonchev–Trinajstić information content (AvgIpc) is 3.74. The first-order valence-electron chi connectivity index (χ1n) is 16.2. The minimum atomic E-state index is -1.09. The van der Waals surface area contributed by atoms with Crippen molar-refractivity contribution in [3.8, 4) is 11.5 Å². The molecule has 2 saturated heterocycles. The molecule has 1 saturated carbocycles. The third-order valence-corrected chi connectivity index (χ3v) is 10.2. The van der Waals surface area contributed by atoms with Gasteiger partial charge in [-0.3, -0.25) is 9.63 Å². The van der Waals surface area contributed by atoms with Crippen molar-refractivity contribution in [2.45, 2.75) is 87.4 Å². The third kappa shape index (κ3) is 5.67. The van der Waals surface area contributed by atoms with E-state index in [-0.39, 0.29) is 12.5 Å². The van der Waals surface area contributed by atoms with E-state index in [0.29, 0.717) is 17.9 Å². The van der Waals surface area contributed by atoms with E-state index in [1.165, 1.54) is 19.3 Å². The van der Waals surface area contributed by atoms with Gasteiger partial charge in [0.25, 0.3) is 0 Å². The molecule has 3 aliphatic rings. The zero-order valence-electron chi connectivity index (χ0n) is 27.5. The molecule has 0 unspecified atom stereocenters. The number of carbonyl (C=O) groups is 2. The number of rotatable bonds is 10. The zero-order chi connectivity index (χ0) is 33.2. The number of esters is 2. The van der Waals surface area contributed by atoms with E-state index >= 15 is 0 Å². The molecule has 0 aromatic heterocycles. The summed E-state index contributed by atoms with van der Waals surface area (Å²) in [4.78, 5) is 38.4. The number of ether oxygens (including phenoxy) is 5. The molecular weight excluding hydrogens is 602 g/mol. The number of fused-ring (bicyclic) bond motifs is 1. The first-order chi connectivity index (χ1) is 22.8. The Morgan fingerprint density at radius 3 is 2.11 bits per heavy atom. The molecule has 6 atom stereocenters. The fraction of sp³-hybridized carbons (Fsp3) is 0.459. The normalized spacial score (nSPS) is 28.3. The van der Waals surface area contributed by atoms with Crippen LogP contribution in [0.15, 0.2) is 78.9 Å². The van der Waals surface area contributed by atoms with E-state index in [2.05, 4.69) is 24.3 Å². The van der Waals surface area contributed by atoms with Gasteiger partial charge in [0.2, 0.25) is 6.29 Å². The molecule has 2 aliphatic heterocycles. The molecule has 0 amide bonds. The van der Waals surface area contributed by atoms with Crippen LogP contribution in [-0.4, -0.2) is 69.1 Å². The van der Waals surface area contributed by atoms with Gasteiger partial charge in [0.1, 0.15) is 0 Å². The summed E-state index contributed by atoms with van der Waals surface area (Å²) in [6, 6.07) is 25.9. The average molecular weight is 646 g/mol. The van der Waals surface area contributed by atoms with E-state index in [9.17, 15) is 9.59 Å². The zero-order valence-corrected chi connectivity index (χ0v) is 27.5. The fourth-order valence-corrected chi connectivity index (χ4v) is 8.07. The summed E-state index contributed by atoms with van der Waals surface area (Å²) in [5, 5.41) is 1.37. The molecule has 0 radical (unpaired) electrons. The van der Waals surface area contributed by atoms with Crippen LogP contribution in [-0.2, 0) is 44.3 Å². The van der Waals surface area contributed by atoms with Crippen LogP contribution in [0.4, 0.5) is 0 Å². The van der Waals surface area contributed by atoms with Crippen molar-refractivity contribution in [2.75, 3.05) is 21.3 Å². The maximum Gasteiger partial charge on any atom is 0.337 e. The Morgan fingerprint density at radius 2 is 1.53 bits per heavy atom. The summed E-state index contributed by atoms with van der Waals surface area (Å²) in [5.41, 5.74) is 1.63. The minimum Gasteiger partial charge on any atom is -0.493 e. The molecule has 250 valence electrons. The maximum absolute atomic E-state index is 12.9. The first-order valence-corrected chi connectivity index (χ1v) is 16.2. The highest BCUT2D eigenvalue weighted by Gasteiger charge is 2.64. The predicted octanol–water partition coefficient (Wildman–Crippen LogP) is 5.66. The Hall–Kier alpha value is -3.96. The van der Waals surface area contributed by atoms with Crippen molar-refractivity contribution in [1.82, 2.24) is 5.23 Å². The van der Waals surface area contributed by atoms with Gasteiger partial charge >= 0.3 is 11.9 Å². The Balaban J connectivity index is 1.49. The summed E-state index contributed by atoms with van der Waals surface area (Å²) in [6.45, 7) is 3.40. The number of benzene rings is 3. The van der Waals surface area contributed by atoms with Crippen LogP contribution < -0.4 is 9.47 Å². The van der Waals surface area contributed by atoms with Gasteiger partial charge in [-0.25, -0.2) is 9.63 Å². The first kappa shape index (κ1) is 33.0. The van der Waals surface area contributed by atoms with Crippen LogP contribution in [0.2, 0.25) is 0 Å². The summed E-state index contributed by atoms with van der Waals surface area (Å²) in [6.07, 6.45) is -0.0296. The molecule has 10 heteroatoms. The molecule has 10 nitrogen and oxygen atoms in total. The number of methoxy groups -OCH3 is 3. The van der Waals surface area contributed by atoms with Crippen molar-refractivity contribution in [1.29, 1.82) is 0 Å². The molecule has 2 heterocycles. The molecule has 6 rings (SSSR count). The van der Waals surface area contributed by atoms with Gasteiger partial charge < -0.3 is 23.7 Å². The van der Waals surface area contributed by atoms with E-state index in [4.69, 9.17) is 33.4 Å². The quantitative estimate of drug-likeness (QED) is 0.257. The minimum absolute atomic E-state index is 0.237. The second kappa shape index (κ2) is 13.6. The highest BCUT2D eigenvalue weighted by molar-refractivity contribution is 5.75. The van der Waals surface area contributed by atoms with Crippen LogP contribution in [0.1, 0.15) is 62.6 Å². The molecule has 1 aliphatic carbocycles. The summed E-state index contributed by atoms with van der Waals surface area (Å²) >= 11 is 0. The monoisotopic (exact) mass is 645 g/mol. The second-order valence-corrected chi connectivity index (χ2v) is 12.3. The lowest BCUT2D eigenvalue weighted by Crippen LogP contribution is -2.66. The number of hydrogen-bond donors (Lipinski definition) is 0. The van der Waals surface area contributed by atoms with E-state index in [1.807, 2.05) is 61.5 Å². The Bertz CT molecular complexity index is 1510. The van der Waals surface area contributed by atoms with Gasteiger partial charge in [-0.15, -0.1) is 0 Å².